The smallest absolute Gasteiger partial charge is 0.160 e. The van der Waals surface area contributed by atoms with Gasteiger partial charge >= 0.3 is 0 Å². The van der Waals surface area contributed by atoms with Crippen LogP contribution in [0.4, 0.5) is 5.82 Å². The Kier molecular flexibility index (Phi) is 4.76. The van der Waals surface area contributed by atoms with E-state index in [0.717, 1.165) is 73.1 Å². The van der Waals surface area contributed by atoms with Crippen LogP contribution < -0.4 is 10.2 Å². The number of fused-ring (bicyclic) bond motifs is 1. The van der Waals surface area contributed by atoms with Crippen molar-refractivity contribution < 1.29 is 0 Å². The zero-order chi connectivity index (χ0) is 18.9. The van der Waals surface area contributed by atoms with Crippen LogP contribution >= 0.6 is 0 Å². The molecule has 0 aliphatic carbocycles. The van der Waals surface area contributed by atoms with Gasteiger partial charge in [-0.1, -0.05) is 12.8 Å². The van der Waals surface area contributed by atoms with Gasteiger partial charge < -0.3 is 15.2 Å². The van der Waals surface area contributed by atoms with E-state index in [1.165, 1.54) is 25.7 Å². The van der Waals surface area contributed by atoms with Crippen LogP contribution in [0.15, 0.2) is 18.3 Å². The Morgan fingerprint density at radius 1 is 1.04 bits per heavy atom. The second-order valence-corrected chi connectivity index (χ2v) is 8.12. The van der Waals surface area contributed by atoms with E-state index >= 15 is 0 Å². The fraction of sp³-hybridized carbons (Fsp3) is 0.571. The molecule has 2 saturated heterocycles. The van der Waals surface area contributed by atoms with Crippen molar-refractivity contribution in [2.75, 3.05) is 31.1 Å². The van der Waals surface area contributed by atoms with Crippen LogP contribution in [-0.2, 0) is 7.05 Å². The van der Waals surface area contributed by atoms with Gasteiger partial charge in [-0.05, 0) is 50.9 Å². The molecule has 2 N–H and O–H groups in total. The summed E-state index contributed by atoms with van der Waals surface area (Å²) < 4.78 is 1.90. The second kappa shape index (κ2) is 7.54. The molecule has 3 aromatic rings. The molecule has 5 rings (SSSR count). The van der Waals surface area contributed by atoms with Gasteiger partial charge in [-0.25, -0.2) is 14.6 Å². The maximum Gasteiger partial charge on any atom is 0.160 e. The fourth-order valence-electron chi connectivity index (χ4n) is 4.56. The number of hydrogen-bond acceptors (Lipinski definition) is 5. The van der Waals surface area contributed by atoms with Gasteiger partial charge in [0.25, 0.3) is 0 Å². The summed E-state index contributed by atoms with van der Waals surface area (Å²) in [5.41, 5.74) is 2.87. The highest BCUT2D eigenvalue weighted by atomic mass is 15.3. The lowest BCUT2D eigenvalue weighted by molar-refractivity contribution is 0.447. The number of piperidine rings is 1. The van der Waals surface area contributed by atoms with Crippen molar-refractivity contribution in [1.29, 1.82) is 0 Å². The zero-order valence-electron chi connectivity index (χ0n) is 16.6. The summed E-state index contributed by atoms with van der Waals surface area (Å²) in [6.45, 7) is 4.33. The Labute approximate surface area is 165 Å². The quantitative estimate of drug-likeness (QED) is 0.731. The summed E-state index contributed by atoms with van der Waals surface area (Å²) in [6, 6.07) is 4.33. The molecule has 0 bridgehead atoms. The molecule has 3 aromatic heterocycles. The molecule has 0 saturated carbocycles. The largest absolute Gasteiger partial charge is 0.357 e. The average molecular weight is 380 g/mol. The maximum absolute atomic E-state index is 4.97. The second-order valence-electron chi connectivity index (χ2n) is 8.12. The lowest BCUT2D eigenvalue weighted by atomic mass is 9.98. The van der Waals surface area contributed by atoms with Crippen molar-refractivity contribution in [2.45, 2.75) is 44.4 Å². The number of H-pyrrole nitrogens is 1. The monoisotopic (exact) mass is 379 g/mol. The number of nitrogens with zero attached hydrogens (tertiary/aromatic N) is 5. The molecule has 0 spiro atoms. The highest BCUT2D eigenvalue weighted by Crippen LogP contribution is 2.30. The topological polar surface area (TPSA) is 74.7 Å². The molecule has 0 atom stereocenters. The van der Waals surface area contributed by atoms with Gasteiger partial charge in [-0.3, -0.25) is 0 Å². The Bertz CT molecular complexity index is 943. The third kappa shape index (κ3) is 3.28. The number of aryl methyl sites for hydroxylation is 1. The fourth-order valence-corrected chi connectivity index (χ4v) is 4.56. The van der Waals surface area contributed by atoms with Crippen molar-refractivity contribution >= 4 is 16.9 Å². The number of hydrogen-bond donors (Lipinski definition) is 2. The van der Waals surface area contributed by atoms with Gasteiger partial charge in [-0.15, -0.1) is 0 Å². The predicted octanol–water partition coefficient (Wildman–Crippen LogP) is 3.21. The normalized spacial score (nSPS) is 19.2. The Balaban J connectivity index is 1.46. The third-order valence-electron chi connectivity index (χ3n) is 6.18. The number of aromatic nitrogens is 5. The number of pyridine rings is 1. The van der Waals surface area contributed by atoms with Crippen molar-refractivity contribution in [3.63, 3.8) is 0 Å². The van der Waals surface area contributed by atoms with Gasteiger partial charge in [0.05, 0.1) is 11.9 Å². The molecule has 28 heavy (non-hydrogen) atoms. The van der Waals surface area contributed by atoms with Crippen LogP contribution in [0.25, 0.3) is 22.4 Å². The van der Waals surface area contributed by atoms with E-state index in [0.29, 0.717) is 5.92 Å². The highest BCUT2D eigenvalue weighted by molar-refractivity contribution is 5.91. The molecule has 5 heterocycles. The molecule has 0 aromatic carbocycles. The minimum atomic E-state index is 0.512. The van der Waals surface area contributed by atoms with E-state index < -0.39 is 0 Å². The summed E-state index contributed by atoms with van der Waals surface area (Å²) in [6.07, 6.45) is 9.37. The standard InChI is InChI=1S/C21H29N7/c1-27-21-16(6-7-18(25-21)28-12-4-2-3-5-13-28)19(26-27)17-14-23-20(24-17)15-8-10-22-11-9-15/h6-7,14-15,22H,2-5,8-13H2,1H3,(H,23,24). The first-order valence-corrected chi connectivity index (χ1v) is 10.6. The molecule has 148 valence electrons. The highest BCUT2D eigenvalue weighted by Gasteiger charge is 2.21. The first-order chi connectivity index (χ1) is 13.8. The molecular formula is C21H29N7. The van der Waals surface area contributed by atoms with Crippen molar-refractivity contribution in [3.05, 3.63) is 24.2 Å². The van der Waals surface area contributed by atoms with Crippen LogP contribution in [0.5, 0.6) is 0 Å². The molecule has 0 radical (unpaired) electrons. The van der Waals surface area contributed by atoms with Crippen LogP contribution in [0.2, 0.25) is 0 Å². The predicted molar refractivity (Wildman–Crippen MR) is 112 cm³/mol. The van der Waals surface area contributed by atoms with Crippen molar-refractivity contribution in [3.8, 4) is 11.4 Å². The van der Waals surface area contributed by atoms with Gasteiger partial charge in [0, 0.05) is 31.4 Å². The molecule has 0 amide bonds. The third-order valence-corrected chi connectivity index (χ3v) is 6.18. The van der Waals surface area contributed by atoms with E-state index in [4.69, 9.17) is 10.1 Å². The Morgan fingerprint density at radius 2 is 1.82 bits per heavy atom. The van der Waals surface area contributed by atoms with Crippen LogP contribution in [0.1, 0.15) is 50.3 Å². The van der Waals surface area contributed by atoms with Gasteiger partial charge in [0.15, 0.2) is 5.65 Å². The molecule has 7 heteroatoms. The van der Waals surface area contributed by atoms with E-state index in [1.54, 1.807) is 0 Å². The lowest BCUT2D eigenvalue weighted by Crippen LogP contribution is -2.27. The number of aromatic amines is 1. The van der Waals surface area contributed by atoms with Crippen molar-refractivity contribution in [1.82, 2.24) is 30.0 Å². The van der Waals surface area contributed by atoms with Gasteiger partial charge in [0.1, 0.15) is 17.3 Å². The summed E-state index contributed by atoms with van der Waals surface area (Å²) in [5, 5.41) is 9.28. The summed E-state index contributed by atoms with van der Waals surface area (Å²) in [5.74, 6) is 2.67. The minimum absolute atomic E-state index is 0.512. The molecule has 2 fully saturated rings. The van der Waals surface area contributed by atoms with E-state index in [9.17, 15) is 0 Å². The first kappa shape index (κ1) is 17.7. The first-order valence-electron chi connectivity index (χ1n) is 10.6. The summed E-state index contributed by atoms with van der Waals surface area (Å²) in [4.78, 5) is 15.6. The molecule has 2 aliphatic heterocycles. The lowest BCUT2D eigenvalue weighted by Gasteiger charge is -2.21. The van der Waals surface area contributed by atoms with E-state index in [2.05, 4.69) is 32.3 Å². The minimum Gasteiger partial charge on any atom is -0.357 e. The SMILES string of the molecule is Cn1nc(-c2cnc(C3CCNCC3)[nH]2)c2ccc(N3CCCCCC3)nc21. The van der Waals surface area contributed by atoms with E-state index in [1.807, 2.05) is 17.9 Å². The number of anilines is 1. The summed E-state index contributed by atoms with van der Waals surface area (Å²) in [7, 11) is 1.98. The average Bonchev–Trinajstić information content (AvgIpc) is 3.24. The molecule has 7 nitrogen and oxygen atoms in total. The van der Waals surface area contributed by atoms with E-state index in [-0.39, 0.29) is 0 Å². The number of imidazole rings is 1. The Hall–Kier alpha value is -2.41. The number of rotatable bonds is 3. The molecular weight excluding hydrogens is 350 g/mol. The molecule has 2 aliphatic rings. The van der Waals surface area contributed by atoms with Crippen LogP contribution in [0, 0.1) is 0 Å². The summed E-state index contributed by atoms with van der Waals surface area (Å²) >= 11 is 0. The van der Waals surface area contributed by atoms with Crippen LogP contribution in [-0.4, -0.2) is 50.9 Å². The Morgan fingerprint density at radius 3 is 2.61 bits per heavy atom. The maximum atomic E-state index is 4.97. The van der Waals surface area contributed by atoms with Crippen LogP contribution in [0.3, 0.4) is 0 Å². The zero-order valence-corrected chi connectivity index (χ0v) is 16.6. The van der Waals surface area contributed by atoms with Gasteiger partial charge in [0.2, 0.25) is 0 Å². The molecule has 0 unspecified atom stereocenters. The van der Waals surface area contributed by atoms with Crippen molar-refractivity contribution in [2.24, 2.45) is 7.05 Å². The van der Waals surface area contributed by atoms with Gasteiger partial charge in [-0.2, -0.15) is 5.10 Å². The number of nitrogens with one attached hydrogen (secondary N) is 2.